The summed E-state index contributed by atoms with van der Waals surface area (Å²) in [5.41, 5.74) is 6.84. The summed E-state index contributed by atoms with van der Waals surface area (Å²) < 4.78 is 18.5. The topological polar surface area (TPSA) is 88.7 Å². The summed E-state index contributed by atoms with van der Waals surface area (Å²) in [5.74, 6) is 0.369. The predicted octanol–water partition coefficient (Wildman–Crippen LogP) is 1.55. The van der Waals surface area contributed by atoms with E-state index in [2.05, 4.69) is 15.6 Å². The Kier molecular flexibility index (Phi) is 6.76. The Labute approximate surface area is 145 Å². The molecule has 0 radical (unpaired) electrons. The minimum Gasteiger partial charge on any atom is -0.484 e. The monoisotopic (exact) mass is 344 g/mol. The zero-order chi connectivity index (χ0) is 18.1. The van der Waals surface area contributed by atoms with Crippen molar-refractivity contribution in [2.24, 2.45) is 10.7 Å². The highest BCUT2D eigenvalue weighted by atomic mass is 19.1. The van der Waals surface area contributed by atoms with Gasteiger partial charge in [-0.05, 0) is 35.4 Å². The first-order chi connectivity index (χ1) is 12.1. The summed E-state index contributed by atoms with van der Waals surface area (Å²) in [6.45, 7) is 0.809. The number of primary amides is 1. The van der Waals surface area contributed by atoms with Crippen LogP contribution in [-0.2, 0) is 17.9 Å². The van der Waals surface area contributed by atoms with Crippen LogP contribution in [0.1, 0.15) is 11.1 Å². The molecule has 0 aromatic heterocycles. The molecule has 4 N–H and O–H groups in total. The molecule has 1 amide bonds. The number of hydrogen-bond acceptors (Lipinski definition) is 3. The molecule has 0 saturated heterocycles. The first-order valence-corrected chi connectivity index (χ1v) is 7.76. The highest BCUT2D eigenvalue weighted by Crippen LogP contribution is 2.13. The molecule has 0 aliphatic rings. The number of aliphatic imine (C=N–C) groups is 1. The van der Waals surface area contributed by atoms with Gasteiger partial charge in [-0.1, -0.05) is 24.3 Å². The van der Waals surface area contributed by atoms with Crippen LogP contribution in [0.2, 0.25) is 0 Å². The van der Waals surface area contributed by atoms with Gasteiger partial charge in [0.05, 0.1) is 0 Å². The molecule has 0 heterocycles. The van der Waals surface area contributed by atoms with E-state index >= 15 is 0 Å². The van der Waals surface area contributed by atoms with E-state index < -0.39 is 5.91 Å². The first-order valence-electron chi connectivity index (χ1n) is 7.76. The molecule has 0 atom stereocenters. The number of guanidine groups is 1. The van der Waals surface area contributed by atoms with Gasteiger partial charge < -0.3 is 21.1 Å². The Morgan fingerprint density at radius 1 is 1.12 bits per heavy atom. The van der Waals surface area contributed by atoms with Crippen molar-refractivity contribution in [2.75, 3.05) is 13.7 Å². The van der Waals surface area contributed by atoms with Crippen molar-refractivity contribution in [1.29, 1.82) is 0 Å². The molecule has 0 saturated carbocycles. The smallest absolute Gasteiger partial charge is 0.255 e. The maximum absolute atomic E-state index is 13.2. The van der Waals surface area contributed by atoms with Gasteiger partial charge >= 0.3 is 0 Å². The van der Waals surface area contributed by atoms with Crippen LogP contribution in [0.3, 0.4) is 0 Å². The van der Waals surface area contributed by atoms with Crippen molar-refractivity contribution < 1.29 is 13.9 Å². The average molecular weight is 344 g/mol. The van der Waals surface area contributed by atoms with Gasteiger partial charge in [-0.15, -0.1) is 0 Å². The Hall–Kier alpha value is -3.09. The lowest BCUT2D eigenvalue weighted by Gasteiger charge is -2.13. The third-order valence-electron chi connectivity index (χ3n) is 3.31. The van der Waals surface area contributed by atoms with Gasteiger partial charge in [0.1, 0.15) is 11.6 Å². The number of nitrogens with one attached hydrogen (secondary N) is 2. The van der Waals surface area contributed by atoms with Crippen molar-refractivity contribution in [3.05, 3.63) is 65.5 Å². The standard InChI is InChI=1S/C18H21FN4O2/c1-21-18(22-10-13-4-2-6-15(19)8-13)23-11-14-5-3-7-16(9-14)25-12-17(20)24/h2-9H,10-12H2,1H3,(H2,20,24)(H2,21,22,23). The number of benzene rings is 2. The molecule has 0 unspecified atom stereocenters. The minimum absolute atomic E-state index is 0.159. The van der Waals surface area contributed by atoms with Gasteiger partial charge in [0.25, 0.3) is 5.91 Å². The maximum Gasteiger partial charge on any atom is 0.255 e. The Morgan fingerprint density at radius 2 is 1.76 bits per heavy atom. The summed E-state index contributed by atoms with van der Waals surface area (Å²) in [6, 6.07) is 13.7. The Bertz CT molecular complexity index is 749. The van der Waals surface area contributed by atoms with E-state index in [-0.39, 0.29) is 12.4 Å². The van der Waals surface area contributed by atoms with Crippen LogP contribution in [0.5, 0.6) is 5.75 Å². The van der Waals surface area contributed by atoms with Crippen LogP contribution < -0.4 is 21.1 Å². The molecule has 0 spiro atoms. The molecule has 2 rings (SSSR count). The fourth-order valence-electron chi connectivity index (χ4n) is 2.14. The number of carbonyl (C=O) groups is 1. The number of hydrogen-bond donors (Lipinski definition) is 3. The van der Waals surface area contributed by atoms with Gasteiger partial charge in [0.15, 0.2) is 12.6 Å². The molecule has 0 aliphatic heterocycles. The van der Waals surface area contributed by atoms with Crippen LogP contribution in [-0.4, -0.2) is 25.5 Å². The van der Waals surface area contributed by atoms with Crippen molar-refractivity contribution in [1.82, 2.24) is 10.6 Å². The number of nitrogens with zero attached hydrogens (tertiary/aromatic N) is 1. The van der Waals surface area contributed by atoms with Crippen molar-refractivity contribution in [3.63, 3.8) is 0 Å². The molecule has 25 heavy (non-hydrogen) atoms. The molecule has 0 fully saturated rings. The van der Waals surface area contributed by atoms with Crippen LogP contribution in [0.25, 0.3) is 0 Å². The lowest BCUT2D eigenvalue weighted by molar-refractivity contribution is -0.119. The van der Waals surface area contributed by atoms with E-state index in [1.54, 1.807) is 19.2 Å². The average Bonchev–Trinajstić information content (AvgIpc) is 2.60. The Balaban J connectivity index is 1.86. The third kappa shape index (κ3) is 6.50. The van der Waals surface area contributed by atoms with Crippen molar-refractivity contribution in [3.8, 4) is 5.75 Å². The van der Waals surface area contributed by atoms with E-state index in [0.29, 0.717) is 24.8 Å². The normalized spacial score (nSPS) is 11.0. The lowest BCUT2D eigenvalue weighted by atomic mass is 10.2. The van der Waals surface area contributed by atoms with E-state index in [0.717, 1.165) is 11.1 Å². The summed E-state index contributed by atoms with van der Waals surface area (Å²) in [7, 11) is 1.66. The van der Waals surface area contributed by atoms with E-state index in [9.17, 15) is 9.18 Å². The van der Waals surface area contributed by atoms with Gasteiger partial charge in [0, 0.05) is 20.1 Å². The SMILES string of the molecule is CN=C(NCc1cccc(F)c1)NCc1cccc(OCC(N)=O)c1. The third-order valence-corrected chi connectivity index (χ3v) is 3.31. The number of amides is 1. The molecular weight excluding hydrogens is 323 g/mol. The zero-order valence-corrected chi connectivity index (χ0v) is 14.0. The molecule has 2 aromatic carbocycles. The number of ether oxygens (including phenoxy) is 1. The lowest BCUT2D eigenvalue weighted by Crippen LogP contribution is -2.36. The van der Waals surface area contributed by atoms with E-state index in [4.69, 9.17) is 10.5 Å². The summed E-state index contributed by atoms with van der Waals surface area (Å²) >= 11 is 0. The number of nitrogens with two attached hydrogens (primary N) is 1. The molecular formula is C18H21FN4O2. The molecule has 0 bridgehead atoms. The summed E-state index contributed by atoms with van der Waals surface area (Å²) in [5, 5.41) is 6.28. The van der Waals surface area contributed by atoms with Gasteiger partial charge in [0.2, 0.25) is 0 Å². The molecule has 6 nitrogen and oxygen atoms in total. The highest BCUT2D eigenvalue weighted by Gasteiger charge is 2.02. The number of halogens is 1. The van der Waals surface area contributed by atoms with Gasteiger partial charge in [-0.3, -0.25) is 9.79 Å². The quantitative estimate of drug-likeness (QED) is 0.525. The predicted molar refractivity (Wildman–Crippen MR) is 94.6 cm³/mol. The van der Waals surface area contributed by atoms with E-state index in [1.165, 1.54) is 12.1 Å². The molecule has 7 heteroatoms. The maximum atomic E-state index is 13.2. The Morgan fingerprint density at radius 3 is 2.36 bits per heavy atom. The largest absolute Gasteiger partial charge is 0.484 e. The van der Waals surface area contributed by atoms with Crippen LogP contribution >= 0.6 is 0 Å². The van der Waals surface area contributed by atoms with Crippen LogP contribution in [0.4, 0.5) is 4.39 Å². The van der Waals surface area contributed by atoms with Crippen LogP contribution in [0, 0.1) is 5.82 Å². The van der Waals surface area contributed by atoms with Gasteiger partial charge in [-0.2, -0.15) is 0 Å². The van der Waals surface area contributed by atoms with E-state index in [1.807, 2.05) is 24.3 Å². The zero-order valence-electron chi connectivity index (χ0n) is 14.0. The summed E-state index contributed by atoms with van der Waals surface area (Å²) in [6.07, 6.45) is 0. The second-order valence-electron chi connectivity index (χ2n) is 5.31. The van der Waals surface area contributed by atoms with Crippen molar-refractivity contribution >= 4 is 11.9 Å². The minimum atomic E-state index is -0.523. The second-order valence-corrected chi connectivity index (χ2v) is 5.31. The second kappa shape index (κ2) is 9.27. The first kappa shape index (κ1) is 18.3. The van der Waals surface area contributed by atoms with Crippen molar-refractivity contribution in [2.45, 2.75) is 13.1 Å². The van der Waals surface area contributed by atoms with Gasteiger partial charge in [-0.25, -0.2) is 4.39 Å². The molecule has 2 aromatic rings. The number of rotatable bonds is 7. The highest BCUT2D eigenvalue weighted by molar-refractivity contribution is 5.79. The fourth-order valence-corrected chi connectivity index (χ4v) is 2.14. The number of carbonyl (C=O) groups excluding carboxylic acids is 1. The summed E-state index contributed by atoms with van der Waals surface area (Å²) in [4.78, 5) is 14.9. The molecule has 0 aliphatic carbocycles. The molecule has 132 valence electrons. The van der Waals surface area contributed by atoms with Crippen LogP contribution in [0.15, 0.2) is 53.5 Å². The fraction of sp³-hybridized carbons (Fsp3) is 0.222.